The van der Waals surface area contributed by atoms with Crippen molar-refractivity contribution in [1.29, 1.82) is 0 Å². The molecule has 1 fully saturated rings. The third-order valence-corrected chi connectivity index (χ3v) is 10.00. The fourth-order valence-corrected chi connectivity index (χ4v) is 7.88. The maximum atomic E-state index is 13.1. The average Bonchev–Trinajstić information content (AvgIpc) is 3.38. The minimum atomic E-state index is -3.65. The van der Waals surface area contributed by atoms with Crippen molar-refractivity contribution in [3.63, 3.8) is 0 Å². The van der Waals surface area contributed by atoms with Crippen molar-refractivity contribution < 1.29 is 17.9 Å². The van der Waals surface area contributed by atoms with E-state index in [4.69, 9.17) is 11.6 Å². The van der Waals surface area contributed by atoms with E-state index in [9.17, 15) is 18.4 Å². The number of halogens is 1. The Hall–Kier alpha value is -2.24. The van der Waals surface area contributed by atoms with Gasteiger partial charge in [-0.05, 0) is 29.7 Å². The van der Waals surface area contributed by atoms with Gasteiger partial charge in [0.05, 0.1) is 4.88 Å². The molecule has 3 aromatic heterocycles. The van der Waals surface area contributed by atoms with Crippen LogP contribution in [0.3, 0.4) is 0 Å². The van der Waals surface area contributed by atoms with Crippen LogP contribution in [0.4, 0.5) is 0 Å². The summed E-state index contributed by atoms with van der Waals surface area (Å²) in [6.07, 6.45) is 1.40. The molecule has 1 aliphatic heterocycles. The Morgan fingerprint density at radius 2 is 1.81 bits per heavy atom. The van der Waals surface area contributed by atoms with E-state index in [1.54, 1.807) is 47.4 Å². The number of carbonyl (C=O) groups is 1. The molecule has 0 unspecified atom stereocenters. The third-order valence-electron chi connectivity index (χ3n) is 5.24. The number of carbonyl (C=O) groups excluding carboxylic acids is 1. The number of hydrogen-bond donors (Lipinski definition) is 0. The molecule has 0 aliphatic carbocycles. The van der Waals surface area contributed by atoms with Crippen LogP contribution in [0.15, 0.2) is 52.9 Å². The van der Waals surface area contributed by atoms with Crippen LogP contribution in [-0.2, 0) is 10.0 Å². The summed E-state index contributed by atoms with van der Waals surface area (Å²) in [4.78, 5) is 15.0. The zero-order chi connectivity index (χ0) is 21.8. The second kappa shape index (κ2) is 7.72. The van der Waals surface area contributed by atoms with Crippen molar-refractivity contribution >= 4 is 70.5 Å². The first kappa shape index (κ1) is 20.7. The number of amides is 1. The van der Waals surface area contributed by atoms with E-state index in [2.05, 4.69) is 0 Å². The lowest BCUT2D eigenvalue weighted by molar-refractivity contribution is -0.576. The van der Waals surface area contributed by atoms with Crippen LogP contribution in [0.25, 0.3) is 20.3 Å². The van der Waals surface area contributed by atoms with E-state index in [1.165, 1.54) is 33.2 Å². The maximum Gasteiger partial charge on any atom is 0.264 e. The molecule has 0 spiro atoms. The molecule has 5 rings (SSSR count). The normalized spacial score (nSPS) is 15.7. The Bertz CT molecular complexity index is 1420. The molecular formula is C20H16ClN3O4S3. The number of benzene rings is 1. The molecule has 1 amide bonds. The molecule has 1 saturated heterocycles. The number of piperazine rings is 1. The van der Waals surface area contributed by atoms with E-state index in [0.717, 1.165) is 19.5 Å². The number of fused-ring (bicyclic) bond motifs is 2. The molecule has 4 aromatic rings. The summed E-state index contributed by atoms with van der Waals surface area (Å²) in [7, 11) is -3.65. The largest absolute Gasteiger partial charge is 0.618 e. The highest BCUT2D eigenvalue weighted by molar-refractivity contribution is 7.91. The van der Waals surface area contributed by atoms with Gasteiger partial charge in [0.1, 0.15) is 8.91 Å². The van der Waals surface area contributed by atoms with Crippen molar-refractivity contribution in [1.82, 2.24) is 9.21 Å². The molecule has 0 bridgehead atoms. The molecular weight excluding hydrogens is 478 g/mol. The first-order valence-corrected chi connectivity index (χ1v) is 12.9. The quantitative estimate of drug-likeness (QED) is 0.322. The molecule has 1 aromatic carbocycles. The van der Waals surface area contributed by atoms with E-state index < -0.39 is 10.0 Å². The molecule has 0 saturated carbocycles. The van der Waals surface area contributed by atoms with Gasteiger partial charge in [-0.15, -0.1) is 22.7 Å². The zero-order valence-corrected chi connectivity index (χ0v) is 19.2. The maximum absolute atomic E-state index is 13.1. The van der Waals surface area contributed by atoms with Gasteiger partial charge in [-0.1, -0.05) is 17.7 Å². The van der Waals surface area contributed by atoms with Crippen molar-refractivity contribution in [2.45, 2.75) is 4.21 Å². The number of nitrogens with zero attached hydrogens (tertiary/aromatic N) is 3. The summed E-state index contributed by atoms with van der Waals surface area (Å²) in [6, 6.07) is 12.0. The van der Waals surface area contributed by atoms with E-state index in [1.807, 2.05) is 0 Å². The minimum Gasteiger partial charge on any atom is -0.618 e. The first-order valence-electron chi connectivity index (χ1n) is 9.43. The highest BCUT2D eigenvalue weighted by Crippen LogP contribution is 2.33. The lowest BCUT2D eigenvalue weighted by atomic mass is 10.3. The average molecular weight is 494 g/mol. The fraction of sp³-hybridized carbons (Fsp3) is 0.200. The number of rotatable bonds is 3. The van der Waals surface area contributed by atoms with Gasteiger partial charge in [-0.25, -0.2) is 8.42 Å². The molecule has 7 nitrogen and oxygen atoms in total. The Morgan fingerprint density at radius 3 is 2.55 bits per heavy atom. The highest BCUT2D eigenvalue weighted by Gasteiger charge is 2.32. The Labute approximate surface area is 191 Å². The number of aromatic nitrogens is 1. The van der Waals surface area contributed by atoms with Crippen molar-refractivity contribution in [3.8, 4) is 0 Å². The standard InChI is InChI=1S/C20H16ClN3O4S3/c21-14-4-3-13-10-19(30-17(13)11-14)31(27,28)23-8-6-22(7-9-23)20(25)18-12-15-16(29-18)2-1-5-24(15)26/h1-5,10-12H,6-9H2. The lowest BCUT2D eigenvalue weighted by Gasteiger charge is -2.33. The number of hydrogen-bond acceptors (Lipinski definition) is 6. The summed E-state index contributed by atoms with van der Waals surface area (Å²) in [5, 5.41) is 13.3. The summed E-state index contributed by atoms with van der Waals surface area (Å²) < 4.78 is 30.2. The van der Waals surface area contributed by atoms with Crippen LogP contribution >= 0.6 is 34.3 Å². The van der Waals surface area contributed by atoms with Crippen LogP contribution in [0.2, 0.25) is 5.02 Å². The van der Waals surface area contributed by atoms with Gasteiger partial charge in [0.2, 0.25) is 5.52 Å². The summed E-state index contributed by atoms with van der Waals surface area (Å²) >= 11 is 8.47. The molecule has 31 heavy (non-hydrogen) atoms. The summed E-state index contributed by atoms with van der Waals surface area (Å²) in [5.41, 5.74) is 0.460. The van der Waals surface area contributed by atoms with E-state index in [-0.39, 0.29) is 23.2 Å². The number of thiophene rings is 2. The van der Waals surface area contributed by atoms with Gasteiger partial charge in [0.15, 0.2) is 6.20 Å². The zero-order valence-electron chi connectivity index (χ0n) is 16.0. The SMILES string of the molecule is O=C(c1cc2c(ccc[n+]2[O-])s1)N1CCN(S(=O)(=O)c2cc3ccc(Cl)cc3s2)CC1. The lowest BCUT2D eigenvalue weighted by Crippen LogP contribution is -2.50. The molecule has 0 atom stereocenters. The van der Waals surface area contributed by atoms with E-state index in [0.29, 0.717) is 28.5 Å². The minimum absolute atomic E-state index is 0.185. The van der Waals surface area contributed by atoms with Crippen molar-refractivity contribution in [3.05, 3.63) is 63.8 Å². The van der Waals surface area contributed by atoms with Crippen LogP contribution in [0, 0.1) is 5.21 Å². The van der Waals surface area contributed by atoms with Crippen LogP contribution in [-0.4, -0.2) is 49.7 Å². The smallest absolute Gasteiger partial charge is 0.264 e. The van der Waals surface area contributed by atoms with Crippen LogP contribution in [0.1, 0.15) is 9.67 Å². The molecule has 1 aliphatic rings. The van der Waals surface area contributed by atoms with Gasteiger partial charge < -0.3 is 10.1 Å². The molecule has 4 heterocycles. The van der Waals surface area contributed by atoms with E-state index >= 15 is 0 Å². The highest BCUT2D eigenvalue weighted by atomic mass is 35.5. The predicted molar refractivity (Wildman–Crippen MR) is 122 cm³/mol. The molecule has 0 radical (unpaired) electrons. The summed E-state index contributed by atoms with van der Waals surface area (Å²) in [6.45, 7) is 1.02. The Kier molecular flexibility index (Phi) is 5.14. The monoisotopic (exact) mass is 493 g/mol. The van der Waals surface area contributed by atoms with Crippen LogP contribution < -0.4 is 4.73 Å². The fourth-order valence-electron chi connectivity index (χ4n) is 3.60. The predicted octanol–water partition coefficient (Wildman–Crippen LogP) is 3.55. The number of sulfonamides is 1. The Balaban J connectivity index is 1.32. The second-order valence-electron chi connectivity index (χ2n) is 7.14. The Morgan fingerprint density at radius 1 is 1.03 bits per heavy atom. The third kappa shape index (κ3) is 3.68. The molecule has 0 N–H and O–H groups in total. The second-order valence-corrected chi connectivity index (χ2v) is 11.9. The topological polar surface area (TPSA) is 84.6 Å². The van der Waals surface area contributed by atoms with Gasteiger partial charge in [-0.3, -0.25) is 4.79 Å². The molecule has 11 heteroatoms. The first-order chi connectivity index (χ1) is 14.8. The number of pyridine rings is 1. The van der Waals surface area contributed by atoms with Gasteiger partial charge in [-0.2, -0.15) is 9.04 Å². The molecule has 160 valence electrons. The van der Waals surface area contributed by atoms with Gasteiger partial charge in [0.25, 0.3) is 15.9 Å². The van der Waals surface area contributed by atoms with Crippen LogP contribution in [0.5, 0.6) is 0 Å². The van der Waals surface area contributed by atoms with Gasteiger partial charge in [0, 0.05) is 48.0 Å². The van der Waals surface area contributed by atoms with Crippen molar-refractivity contribution in [2.24, 2.45) is 0 Å². The van der Waals surface area contributed by atoms with Gasteiger partial charge >= 0.3 is 0 Å². The summed E-state index contributed by atoms with van der Waals surface area (Å²) in [5.74, 6) is -0.185. The van der Waals surface area contributed by atoms with Crippen molar-refractivity contribution in [2.75, 3.05) is 26.2 Å².